The summed E-state index contributed by atoms with van der Waals surface area (Å²) in [5, 5.41) is 5.03. The fraction of sp³-hybridized carbons (Fsp3) is 0.222. The minimum atomic E-state index is -0.614. The summed E-state index contributed by atoms with van der Waals surface area (Å²) >= 11 is 0. The second-order valence-corrected chi connectivity index (χ2v) is 4.92. The van der Waals surface area contributed by atoms with Gasteiger partial charge in [0.15, 0.2) is 0 Å². The fourth-order valence-corrected chi connectivity index (χ4v) is 1.92. The largest absolute Gasteiger partial charge is 0.489 e. The number of anilines is 1. The zero-order valence-electron chi connectivity index (χ0n) is 13.5. The van der Waals surface area contributed by atoms with Gasteiger partial charge in [0, 0.05) is 5.69 Å². The van der Waals surface area contributed by atoms with E-state index in [-0.39, 0.29) is 19.1 Å². The molecule has 0 fully saturated rings. The SMILES string of the molecule is CCOC(=O)NCC(=O)Nc1ccc(OCc2ccccc2)cc1. The van der Waals surface area contributed by atoms with Crippen LogP contribution in [0.15, 0.2) is 54.6 Å². The summed E-state index contributed by atoms with van der Waals surface area (Å²) in [5.74, 6) is 0.377. The first-order valence-corrected chi connectivity index (χ1v) is 7.64. The van der Waals surface area contributed by atoms with Crippen LogP contribution < -0.4 is 15.4 Å². The molecular weight excluding hydrogens is 308 g/mol. The van der Waals surface area contributed by atoms with Crippen molar-refractivity contribution in [3.8, 4) is 5.75 Å². The molecule has 0 aromatic heterocycles. The van der Waals surface area contributed by atoms with Crippen molar-refractivity contribution < 1.29 is 19.1 Å². The second kappa shape index (κ2) is 9.19. The summed E-state index contributed by atoms with van der Waals surface area (Å²) in [4.78, 5) is 22.8. The van der Waals surface area contributed by atoms with Gasteiger partial charge in [0.1, 0.15) is 18.9 Å². The quantitative estimate of drug-likeness (QED) is 0.819. The number of benzene rings is 2. The summed E-state index contributed by atoms with van der Waals surface area (Å²) in [7, 11) is 0. The van der Waals surface area contributed by atoms with Crippen LogP contribution in [-0.2, 0) is 16.1 Å². The van der Waals surface area contributed by atoms with Gasteiger partial charge in [-0.3, -0.25) is 4.79 Å². The average molecular weight is 328 g/mol. The van der Waals surface area contributed by atoms with E-state index in [4.69, 9.17) is 4.74 Å². The highest BCUT2D eigenvalue weighted by atomic mass is 16.5. The Bertz CT molecular complexity index is 656. The Labute approximate surface area is 140 Å². The van der Waals surface area contributed by atoms with Gasteiger partial charge in [0.05, 0.1) is 6.61 Å². The van der Waals surface area contributed by atoms with Crippen molar-refractivity contribution in [3.05, 3.63) is 60.2 Å². The van der Waals surface area contributed by atoms with Crippen LogP contribution in [0.25, 0.3) is 0 Å². The van der Waals surface area contributed by atoms with E-state index in [0.29, 0.717) is 18.0 Å². The van der Waals surface area contributed by atoms with E-state index in [1.807, 2.05) is 30.3 Å². The summed E-state index contributed by atoms with van der Waals surface area (Å²) in [6.07, 6.45) is -0.614. The Morgan fingerprint density at radius 3 is 2.38 bits per heavy atom. The van der Waals surface area contributed by atoms with Crippen molar-refractivity contribution in [2.75, 3.05) is 18.5 Å². The normalized spacial score (nSPS) is 9.88. The standard InChI is InChI=1S/C18H20N2O4/c1-2-23-18(22)19-12-17(21)20-15-8-10-16(11-9-15)24-13-14-6-4-3-5-7-14/h3-11H,2,12-13H2,1H3,(H,19,22)(H,20,21). The van der Waals surface area contributed by atoms with Crippen LogP contribution in [0, 0.1) is 0 Å². The van der Waals surface area contributed by atoms with Crippen molar-refractivity contribution >= 4 is 17.7 Å². The van der Waals surface area contributed by atoms with E-state index in [9.17, 15) is 9.59 Å². The minimum Gasteiger partial charge on any atom is -0.489 e. The van der Waals surface area contributed by atoms with Gasteiger partial charge < -0.3 is 20.1 Å². The molecule has 0 aliphatic carbocycles. The number of hydrogen-bond donors (Lipinski definition) is 2. The van der Waals surface area contributed by atoms with Crippen LogP contribution in [0.5, 0.6) is 5.75 Å². The molecule has 0 unspecified atom stereocenters. The van der Waals surface area contributed by atoms with E-state index in [1.54, 1.807) is 31.2 Å². The predicted molar refractivity (Wildman–Crippen MR) is 90.9 cm³/mol. The van der Waals surface area contributed by atoms with Gasteiger partial charge in [-0.25, -0.2) is 4.79 Å². The first-order valence-electron chi connectivity index (χ1n) is 7.64. The lowest BCUT2D eigenvalue weighted by Crippen LogP contribution is -2.33. The second-order valence-electron chi connectivity index (χ2n) is 4.92. The van der Waals surface area contributed by atoms with Crippen LogP contribution in [0.2, 0.25) is 0 Å². The Balaban J connectivity index is 1.77. The van der Waals surface area contributed by atoms with Crippen molar-refractivity contribution in [2.45, 2.75) is 13.5 Å². The van der Waals surface area contributed by atoms with Gasteiger partial charge >= 0.3 is 6.09 Å². The molecule has 0 bridgehead atoms. The maximum atomic E-state index is 11.7. The van der Waals surface area contributed by atoms with Crippen LogP contribution in [0.3, 0.4) is 0 Å². The molecule has 2 rings (SSSR count). The van der Waals surface area contributed by atoms with Crippen LogP contribution in [-0.4, -0.2) is 25.2 Å². The maximum Gasteiger partial charge on any atom is 0.407 e. The summed E-state index contributed by atoms with van der Waals surface area (Å²) in [6, 6.07) is 16.9. The number of alkyl carbamates (subject to hydrolysis) is 1. The van der Waals surface area contributed by atoms with Crippen molar-refractivity contribution in [1.82, 2.24) is 5.32 Å². The third-order valence-corrected chi connectivity index (χ3v) is 3.06. The average Bonchev–Trinajstić information content (AvgIpc) is 2.61. The molecule has 2 aromatic rings. The molecule has 0 radical (unpaired) electrons. The Hall–Kier alpha value is -3.02. The molecule has 0 atom stereocenters. The van der Waals surface area contributed by atoms with Gasteiger partial charge in [0.25, 0.3) is 0 Å². The molecular formula is C18H20N2O4. The lowest BCUT2D eigenvalue weighted by molar-refractivity contribution is -0.115. The highest BCUT2D eigenvalue weighted by Crippen LogP contribution is 2.17. The summed E-state index contributed by atoms with van der Waals surface area (Å²) in [6.45, 7) is 2.29. The maximum absolute atomic E-state index is 11.7. The predicted octanol–water partition coefficient (Wildman–Crippen LogP) is 2.95. The highest BCUT2D eigenvalue weighted by Gasteiger charge is 2.06. The van der Waals surface area contributed by atoms with Crippen molar-refractivity contribution in [1.29, 1.82) is 0 Å². The number of nitrogens with one attached hydrogen (secondary N) is 2. The van der Waals surface area contributed by atoms with Crippen molar-refractivity contribution in [3.63, 3.8) is 0 Å². The molecule has 2 amide bonds. The van der Waals surface area contributed by atoms with Crippen molar-refractivity contribution in [2.24, 2.45) is 0 Å². The number of carbonyl (C=O) groups excluding carboxylic acids is 2. The van der Waals surface area contributed by atoms with Crippen LogP contribution in [0.1, 0.15) is 12.5 Å². The van der Waals surface area contributed by atoms with Gasteiger partial charge in [-0.2, -0.15) is 0 Å². The summed E-state index contributed by atoms with van der Waals surface area (Å²) in [5.41, 5.74) is 1.71. The number of carbonyl (C=O) groups is 2. The Morgan fingerprint density at radius 1 is 1.00 bits per heavy atom. The van der Waals surface area contributed by atoms with E-state index in [1.165, 1.54) is 0 Å². The smallest absolute Gasteiger partial charge is 0.407 e. The molecule has 0 saturated carbocycles. The topological polar surface area (TPSA) is 76.7 Å². The first-order chi connectivity index (χ1) is 11.7. The van der Waals surface area contributed by atoms with Crippen LogP contribution in [0.4, 0.5) is 10.5 Å². The van der Waals surface area contributed by atoms with Crippen LogP contribution >= 0.6 is 0 Å². The number of amides is 2. The Morgan fingerprint density at radius 2 is 1.71 bits per heavy atom. The molecule has 126 valence electrons. The fourth-order valence-electron chi connectivity index (χ4n) is 1.92. The number of rotatable bonds is 7. The lowest BCUT2D eigenvalue weighted by Gasteiger charge is -2.09. The number of hydrogen-bond acceptors (Lipinski definition) is 4. The third-order valence-electron chi connectivity index (χ3n) is 3.06. The molecule has 0 aliphatic heterocycles. The molecule has 6 heteroatoms. The van der Waals surface area contributed by atoms with E-state index < -0.39 is 6.09 Å². The number of ether oxygens (including phenoxy) is 2. The Kier molecular flexibility index (Phi) is 6.64. The zero-order chi connectivity index (χ0) is 17.2. The monoisotopic (exact) mass is 328 g/mol. The van der Waals surface area contributed by atoms with Gasteiger partial charge in [-0.05, 0) is 36.8 Å². The summed E-state index contributed by atoms with van der Waals surface area (Å²) < 4.78 is 10.3. The highest BCUT2D eigenvalue weighted by molar-refractivity contribution is 5.93. The van der Waals surface area contributed by atoms with Gasteiger partial charge in [-0.15, -0.1) is 0 Å². The molecule has 0 spiro atoms. The van der Waals surface area contributed by atoms with Gasteiger partial charge in [0.2, 0.25) is 5.91 Å². The van der Waals surface area contributed by atoms with E-state index in [0.717, 1.165) is 5.56 Å². The molecule has 2 aromatic carbocycles. The third kappa shape index (κ3) is 6.00. The van der Waals surface area contributed by atoms with E-state index >= 15 is 0 Å². The molecule has 0 heterocycles. The molecule has 0 saturated heterocycles. The molecule has 6 nitrogen and oxygen atoms in total. The zero-order valence-corrected chi connectivity index (χ0v) is 13.5. The molecule has 2 N–H and O–H groups in total. The first kappa shape index (κ1) is 17.3. The van der Waals surface area contributed by atoms with Gasteiger partial charge in [-0.1, -0.05) is 30.3 Å². The van der Waals surface area contributed by atoms with E-state index in [2.05, 4.69) is 15.4 Å². The lowest BCUT2D eigenvalue weighted by atomic mass is 10.2. The minimum absolute atomic E-state index is 0.148. The molecule has 0 aliphatic rings. The molecule has 24 heavy (non-hydrogen) atoms.